The van der Waals surface area contributed by atoms with Gasteiger partial charge in [0.1, 0.15) is 6.61 Å². The van der Waals surface area contributed by atoms with Gasteiger partial charge < -0.3 is 4.74 Å². The Morgan fingerprint density at radius 1 is 1.26 bits per heavy atom. The Morgan fingerprint density at radius 3 is 2.63 bits per heavy atom. The molecule has 4 heteroatoms. The normalized spacial score (nSPS) is 11.8. The predicted molar refractivity (Wildman–Crippen MR) is 77.6 cm³/mol. The number of carbonyl (C=O) groups excluding carboxylic acids is 1. The van der Waals surface area contributed by atoms with Crippen molar-refractivity contribution in [1.82, 2.24) is 0 Å². The lowest BCUT2D eigenvalue weighted by Crippen LogP contribution is -2.16. The summed E-state index contributed by atoms with van der Waals surface area (Å²) in [6, 6.07) is 9.55. The highest BCUT2D eigenvalue weighted by Gasteiger charge is 2.11. The van der Waals surface area contributed by atoms with Crippen LogP contribution in [0.3, 0.4) is 0 Å². The van der Waals surface area contributed by atoms with Crippen LogP contribution in [-0.4, -0.2) is 24.6 Å². The molecule has 0 radical (unpaired) electrons. The van der Waals surface area contributed by atoms with Crippen molar-refractivity contribution >= 4 is 18.0 Å². The van der Waals surface area contributed by atoms with Crippen molar-refractivity contribution in [3.05, 3.63) is 35.9 Å². The van der Waals surface area contributed by atoms with Gasteiger partial charge in [-0.15, -0.1) is 0 Å². The van der Waals surface area contributed by atoms with Crippen LogP contribution in [0.25, 0.3) is 0 Å². The van der Waals surface area contributed by atoms with Crippen LogP contribution in [-0.2, 0) is 16.1 Å². The van der Waals surface area contributed by atoms with Crippen molar-refractivity contribution < 1.29 is 9.53 Å². The molecular formula is C15H20N2O2. The molecule has 0 bridgehead atoms. The first-order chi connectivity index (χ1) is 9.27. The summed E-state index contributed by atoms with van der Waals surface area (Å²) >= 11 is 0. The van der Waals surface area contributed by atoms with Crippen LogP contribution >= 0.6 is 0 Å². The number of benzene rings is 1. The molecular weight excluding hydrogens is 240 g/mol. The molecule has 1 aromatic rings. The van der Waals surface area contributed by atoms with Gasteiger partial charge in [0, 0.05) is 12.8 Å². The molecule has 0 heterocycles. The highest BCUT2D eigenvalue weighted by molar-refractivity contribution is 6.36. The Hall–Kier alpha value is -1.97. The van der Waals surface area contributed by atoms with Crippen molar-refractivity contribution in [2.75, 3.05) is 6.54 Å². The minimum Gasteiger partial charge on any atom is -0.455 e. The SMILES string of the molecule is CCCC=NC(=NCC)C(=O)OCc1ccccc1. The number of ether oxygens (including phenoxy) is 1. The summed E-state index contributed by atoms with van der Waals surface area (Å²) in [4.78, 5) is 20.0. The average Bonchev–Trinajstić information content (AvgIpc) is 2.45. The van der Waals surface area contributed by atoms with E-state index >= 15 is 0 Å². The summed E-state index contributed by atoms with van der Waals surface area (Å²) in [6.07, 6.45) is 3.52. The molecule has 0 unspecified atom stereocenters. The summed E-state index contributed by atoms with van der Waals surface area (Å²) < 4.78 is 5.19. The maximum absolute atomic E-state index is 11.8. The van der Waals surface area contributed by atoms with Crippen molar-refractivity contribution in [3.63, 3.8) is 0 Å². The van der Waals surface area contributed by atoms with Crippen molar-refractivity contribution in [2.24, 2.45) is 9.98 Å². The van der Waals surface area contributed by atoms with Gasteiger partial charge >= 0.3 is 5.97 Å². The van der Waals surface area contributed by atoms with E-state index < -0.39 is 5.97 Å². The number of hydrogen-bond acceptors (Lipinski definition) is 3. The maximum atomic E-state index is 11.8. The zero-order chi connectivity index (χ0) is 13.9. The molecule has 102 valence electrons. The standard InChI is InChI=1S/C15H20N2O2/c1-3-5-11-17-14(16-4-2)15(18)19-12-13-9-7-6-8-10-13/h6-11H,3-5,12H2,1-2H3. The van der Waals surface area contributed by atoms with Crippen LogP contribution in [0.1, 0.15) is 32.3 Å². The van der Waals surface area contributed by atoms with Gasteiger partial charge in [-0.3, -0.25) is 4.99 Å². The fourth-order valence-electron chi connectivity index (χ4n) is 1.38. The van der Waals surface area contributed by atoms with Gasteiger partial charge in [0.25, 0.3) is 0 Å². The third kappa shape index (κ3) is 5.95. The number of carbonyl (C=O) groups is 1. The first-order valence-corrected chi connectivity index (χ1v) is 6.56. The van der Waals surface area contributed by atoms with Gasteiger partial charge in [-0.1, -0.05) is 43.7 Å². The van der Waals surface area contributed by atoms with Gasteiger partial charge in [0.2, 0.25) is 5.84 Å². The van der Waals surface area contributed by atoms with Gasteiger partial charge in [-0.25, -0.2) is 9.79 Å². The van der Waals surface area contributed by atoms with Crippen molar-refractivity contribution in [1.29, 1.82) is 0 Å². The second kappa shape index (κ2) is 9.03. The summed E-state index contributed by atoms with van der Waals surface area (Å²) in [5.41, 5.74) is 0.948. The molecule has 0 atom stereocenters. The Bertz CT molecular complexity index is 439. The van der Waals surface area contributed by atoms with Gasteiger partial charge in [-0.2, -0.15) is 0 Å². The topological polar surface area (TPSA) is 51.0 Å². The van der Waals surface area contributed by atoms with Crippen LogP contribution in [0.2, 0.25) is 0 Å². The Morgan fingerprint density at radius 2 is 2.00 bits per heavy atom. The molecule has 0 N–H and O–H groups in total. The Balaban J connectivity index is 2.55. The van der Waals surface area contributed by atoms with Crippen LogP contribution in [0, 0.1) is 0 Å². The number of amidine groups is 1. The van der Waals surface area contributed by atoms with E-state index in [0.29, 0.717) is 6.54 Å². The van der Waals surface area contributed by atoms with Crippen molar-refractivity contribution in [3.8, 4) is 0 Å². The number of hydrogen-bond donors (Lipinski definition) is 0. The van der Waals surface area contributed by atoms with Crippen LogP contribution in [0.15, 0.2) is 40.3 Å². The van der Waals surface area contributed by atoms with E-state index in [1.165, 1.54) is 0 Å². The molecule has 0 aliphatic carbocycles. The monoisotopic (exact) mass is 260 g/mol. The Labute approximate surface area is 114 Å². The second-order valence-electron chi connectivity index (χ2n) is 3.96. The van der Waals surface area contributed by atoms with Crippen LogP contribution in [0.5, 0.6) is 0 Å². The van der Waals surface area contributed by atoms with E-state index in [9.17, 15) is 4.79 Å². The zero-order valence-electron chi connectivity index (χ0n) is 11.5. The molecule has 0 fully saturated rings. The van der Waals surface area contributed by atoms with E-state index in [4.69, 9.17) is 4.74 Å². The molecule has 0 saturated heterocycles. The van der Waals surface area contributed by atoms with E-state index in [0.717, 1.165) is 18.4 Å². The quantitative estimate of drug-likeness (QED) is 0.464. The van der Waals surface area contributed by atoms with Crippen LogP contribution < -0.4 is 0 Å². The van der Waals surface area contributed by atoms with E-state index in [2.05, 4.69) is 16.9 Å². The minimum absolute atomic E-state index is 0.145. The molecule has 0 amide bonds. The minimum atomic E-state index is -0.474. The third-order valence-corrected chi connectivity index (χ3v) is 2.33. The highest BCUT2D eigenvalue weighted by atomic mass is 16.5. The fourth-order valence-corrected chi connectivity index (χ4v) is 1.38. The first-order valence-electron chi connectivity index (χ1n) is 6.56. The molecule has 1 rings (SSSR count). The number of nitrogens with zero attached hydrogens (tertiary/aromatic N) is 2. The number of esters is 1. The van der Waals surface area contributed by atoms with E-state index in [1.54, 1.807) is 6.21 Å². The summed E-state index contributed by atoms with van der Waals surface area (Å²) in [5, 5.41) is 0. The molecule has 0 aliphatic rings. The highest BCUT2D eigenvalue weighted by Crippen LogP contribution is 2.01. The molecule has 0 saturated carbocycles. The number of rotatable bonds is 5. The molecule has 19 heavy (non-hydrogen) atoms. The summed E-state index contributed by atoms with van der Waals surface area (Å²) in [5.74, 6) is -0.329. The van der Waals surface area contributed by atoms with E-state index in [1.807, 2.05) is 37.3 Å². The molecule has 0 aliphatic heterocycles. The van der Waals surface area contributed by atoms with Gasteiger partial charge in [-0.05, 0) is 18.9 Å². The molecule has 0 spiro atoms. The lowest BCUT2D eigenvalue weighted by molar-refractivity contribution is -0.136. The Kier molecular flexibility index (Phi) is 7.17. The lowest BCUT2D eigenvalue weighted by atomic mass is 10.2. The number of aliphatic imine (C=N–C) groups is 2. The average molecular weight is 260 g/mol. The molecule has 4 nitrogen and oxygen atoms in total. The largest absolute Gasteiger partial charge is 0.455 e. The fraction of sp³-hybridized carbons (Fsp3) is 0.400. The summed E-state index contributed by atoms with van der Waals surface area (Å²) in [6.45, 7) is 4.67. The summed E-state index contributed by atoms with van der Waals surface area (Å²) in [7, 11) is 0. The van der Waals surface area contributed by atoms with Gasteiger partial charge in [0.05, 0.1) is 0 Å². The third-order valence-electron chi connectivity index (χ3n) is 2.33. The smallest absolute Gasteiger partial charge is 0.376 e. The van der Waals surface area contributed by atoms with Crippen LogP contribution in [0.4, 0.5) is 0 Å². The zero-order valence-corrected chi connectivity index (χ0v) is 11.5. The lowest BCUT2D eigenvalue weighted by Gasteiger charge is -2.04. The van der Waals surface area contributed by atoms with Crippen molar-refractivity contribution in [2.45, 2.75) is 33.3 Å². The van der Waals surface area contributed by atoms with Gasteiger partial charge in [0.15, 0.2) is 0 Å². The molecule has 0 aromatic heterocycles. The second-order valence-corrected chi connectivity index (χ2v) is 3.96. The maximum Gasteiger partial charge on any atom is 0.376 e. The van der Waals surface area contributed by atoms with E-state index in [-0.39, 0.29) is 12.4 Å². The number of unbranched alkanes of at least 4 members (excludes halogenated alkanes) is 1. The predicted octanol–water partition coefficient (Wildman–Crippen LogP) is 3.02. The first kappa shape index (κ1) is 15.1. The molecule has 1 aromatic carbocycles.